The maximum Gasteiger partial charge on any atom is 0.274 e. The molecule has 62 valence electrons. The maximum absolute atomic E-state index is 10.2. The van der Waals surface area contributed by atoms with E-state index in [0.29, 0.717) is 0 Å². The molecule has 6 nitrogen and oxygen atoms in total. The summed E-state index contributed by atoms with van der Waals surface area (Å²) in [5.74, 6) is 0. The van der Waals surface area contributed by atoms with Crippen LogP contribution in [0.1, 0.15) is 0 Å². The molecule has 0 aliphatic heterocycles. The number of rotatable bonds is 5. The number of nitrogens with two attached hydrogens (primary N) is 1. The number of hydrogen-bond donors (Lipinski definition) is 3. The maximum atomic E-state index is 10.2. The van der Waals surface area contributed by atoms with Crippen molar-refractivity contribution in [3.05, 3.63) is 0 Å². The molecule has 0 atom stereocenters. The molecule has 4 N–H and O–H groups in total. The van der Waals surface area contributed by atoms with Gasteiger partial charge in [-0.25, -0.2) is 15.3 Å². The molecule has 0 aromatic carbocycles. The lowest BCUT2D eigenvalue weighted by atomic mass is 10.8. The normalized spacial score (nSPS) is 11.8. The third-order valence-corrected chi connectivity index (χ3v) is 1.26. The number of nitrogens with one attached hydrogen (secondary N) is 2. The molecule has 7 heteroatoms. The van der Waals surface area contributed by atoms with Gasteiger partial charge in [-0.1, -0.05) is 0 Å². The Bertz CT molecular complexity index is 166. The molecule has 0 aliphatic rings. The molecule has 0 spiro atoms. The van der Waals surface area contributed by atoms with Gasteiger partial charge in [-0.2, -0.15) is 8.42 Å². The number of hydroxylamine groups is 1. The van der Waals surface area contributed by atoms with E-state index in [4.69, 9.17) is 0 Å². The summed E-state index contributed by atoms with van der Waals surface area (Å²) in [4.78, 5) is 4.60. The third kappa shape index (κ3) is 7.79. The zero-order valence-electron chi connectivity index (χ0n) is 5.62. The summed E-state index contributed by atoms with van der Waals surface area (Å²) in [5.41, 5.74) is 2.38. The van der Waals surface area contributed by atoms with Crippen molar-refractivity contribution in [1.29, 1.82) is 0 Å². The molecule has 0 amide bonds. The van der Waals surface area contributed by atoms with Crippen LogP contribution in [-0.4, -0.2) is 28.6 Å². The van der Waals surface area contributed by atoms with Crippen LogP contribution in [0.4, 0.5) is 0 Å². The van der Waals surface area contributed by atoms with Crippen molar-refractivity contribution in [3.63, 3.8) is 0 Å². The molecular formula is C3H11N3O3S. The monoisotopic (exact) mass is 169 g/mol. The molecule has 10 heavy (non-hydrogen) atoms. The van der Waals surface area contributed by atoms with Gasteiger partial charge >= 0.3 is 0 Å². The zero-order valence-corrected chi connectivity index (χ0v) is 6.44. The van der Waals surface area contributed by atoms with Crippen molar-refractivity contribution >= 4 is 10.2 Å². The van der Waals surface area contributed by atoms with Crippen LogP contribution in [0.15, 0.2) is 0 Å². The lowest BCUT2D eigenvalue weighted by molar-refractivity contribution is 0.0625. The van der Waals surface area contributed by atoms with E-state index in [1.54, 1.807) is 7.05 Å². The summed E-state index contributed by atoms with van der Waals surface area (Å²) in [7, 11) is -1.98. The van der Waals surface area contributed by atoms with Gasteiger partial charge < -0.3 is 4.84 Å². The molecule has 0 heterocycles. The summed E-state index contributed by atoms with van der Waals surface area (Å²) in [5, 5.41) is 4.60. The molecule has 0 radical (unpaired) electrons. The van der Waals surface area contributed by atoms with Gasteiger partial charge in [-0.3, -0.25) is 0 Å². The van der Waals surface area contributed by atoms with E-state index in [0.717, 1.165) is 0 Å². The van der Waals surface area contributed by atoms with Gasteiger partial charge in [0.2, 0.25) is 0 Å². The highest BCUT2D eigenvalue weighted by molar-refractivity contribution is 7.87. The Morgan fingerprint density at radius 3 is 2.60 bits per heavy atom. The van der Waals surface area contributed by atoms with E-state index in [9.17, 15) is 8.42 Å². The number of hydrogen-bond acceptors (Lipinski definition) is 4. The first-order chi connectivity index (χ1) is 4.56. The minimum absolute atomic E-state index is 0.166. The first-order valence-electron chi connectivity index (χ1n) is 2.62. The summed E-state index contributed by atoms with van der Waals surface area (Å²) in [6, 6.07) is 0. The Balaban J connectivity index is 3.21. The summed E-state index contributed by atoms with van der Waals surface area (Å²) in [6.07, 6.45) is 0. The summed E-state index contributed by atoms with van der Waals surface area (Å²) in [6.45, 7) is 0.409. The molecule has 0 fully saturated rings. The lowest BCUT2D eigenvalue weighted by Crippen LogP contribution is -2.34. The lowest BCUT2D eigenvalue weighted by Gasteiger charge is -2.00. The molecule has 0 saturated carbocycles. The Kier molecular flexibility index (Phi) is 4.49. The zero-order chi connectivity index (χ0) is 8.04. The quantitative estimate of drug-likeness (QED) is 0.325. The van der Waals surface area contributed by atoms with Gasteiger partial charge in [0, 0.05) is 13.6 Å². The average Bonchev–Trinajstić information content (AvgIpc) is 1.78. The highest BCUT2D eigenvalue weighted by Gasteiger charge is 1.97. The van der Waals surface area contributed by atoms with Crippen LogP contribution >= 0.6 is 0 Å². The molecule has 0 saturated heterocycles. The standard InChI is InChI=1S/C3H11N3O3S/c1-5-9-3-2-6-10(4,7)8/h5-6H,2-3H2,1H3,(H2,4,7,8). The van der Waals surface area contributed by atoms with Crippen molar-refractivity contribution in [1.82, 2.24) is 10.2 Å². The fraction of sp³-hybridized carbons (Fsp3) is 1.00. The Labute approximate surface area is 59.9 Å². The highest BCUT2D eigenvalue weighted by Crippen LogP contribution is 1.67. The van der Waals surface area contributed by atoms with Crippen LogP contribution in [-0.2, 0) is 15.0 Å². The Hall–Kier alpha value is -0.210. The molecular weight excluding hydrogens is 158 g/mol. The van der Waals surface area contributed by atoms with Crippen molar-refractivity contribution in [3.8, 4) is 0 Å². The van der Waals surface area contributed by atoms with Crippen LogP contribution in [0.2, 0.25) is 0 Å². The van der Waals surface area contributed by atoms with Crippen molar-refractivity contribution < 1.29 is 13.3 Å². The van der Waals surface area contributed by atoms with Crippen molar-refractivity contribution in [2.24, 2.45) is 5.14 Å². The van der Waals surface area contributed by atoms with E-state index in [2.05, 4.69) is 15.5 Å². The Morgan fingerprint density at radius 2 is 2.20 bits per heavy atom. The summed E-state index contributed by atoms with van der Waals surface area (Å²) < 4.78 is 22.4. The van der Waals surface area contributed by atoms with Crippen LogP contribution in [0.5, 0.6) is 0 Å². The van der Waals surface area contributed by atoms with Gasteiger partial charge in [-0.15, -0.1) is 0 Å². The second-order valence-corrected chi connectivity index (χ2v) is 2.87. The van der Waals surface area contributed by atoms with Gasteiger partial charge in [0.05, 0.1) is 6.61 Å². The fourth-order valence-electron chi connectivity index (χ4n) is 0.337. The van der Waals surface area contributed by atoms with E-state index in [1.807, 2.05) is 4.72 Å². The van der Waals surface area contributed by atoms with Gasteiger partial charge in [0.25, 0.3) is 10.2 Å². The first kappa shape index (κ1) is 9.79. The largest absolute Gasteiger partial charge is 0.301 e. The Morgan fingerprint density at radius 1 is 1.60 bits per heavy atom. The topological polar surface area (TPSA) is 93.4 Å². The van der Waals surface area contributed by atoms with E-state index < -0.39 is 10.2 Å². The molecule has 0 aromatic rings. The average molecular weight is 169 g/mol. The van der Waals surface area contributed by atoms with Gasteiger partial charge in [0.1, 0.15) is 0 Å². The van der Waals surface area contributed by atoms with E-state index >= 15 is 0 Å². The third-order valence-electron chi connectivity index (χ3n) is 0.652. The summed E-state index contributed by atoms with van der Waals surface area (Å²) >= 11 is 0. The molecule has 0 aliphatic carbocycles. The smallest absolute Gasteiger partial charge is 0.274 e. The van der Waals surface area contributed by atoms with Crippen LogP contribution in [0.25, 0.3) is 0 Å². The van der Waals surface area contributed by atoms with E-state index in [-0.39, 0.29) is 13.2 Å². The van der Waals surface area contributed by atoms with Gasteiger partial charge in [-0.05, 0) is 0 Å². The second-order valence-electron chi connectivity index (χ2n) is 1.49. The molecule has 0 bridgehead atoms. The predicted octanol–water partition coefficient (Wildman–Crippen LogP) is -2.07. The minimum atomic E-state index is -3.56. The molecule has 0 unspecified atom stereocenters. The van der Waals surface area contributed by atoms with Gasteiger partial charge in [0.15, 0.2) is 0 Å². The van der Waals surface area contributed by atoms with Crippen molar-refractivity contribution in [2.75, 3.05) is 20.2 Å². The highest BCUT2D eigenvalue weighted by atomic mass is 32.2. The molecule has 0 rings (SSSR count). The minimum Gasteiger partial charge on any atom is -0.301 e. The van der Waals surface area contributed by atoms with Crippen LogP contribution in [0, 0.1) is 0 Å². The SMILES string of the molecule is CNOCCNS(N)(=O)=O. The fourth-order valence-corrected chi connectivity index (χ4v) is 0.705. The molecule has 0 aromatic heterocycles. The van der Waals surface area contributed by atoms with Crippen LogP contribution in [0.3, 0.4) is 0 Å². The second kappa shape index (κ2) is 4.58. The predicted molar refractivity (Wildman–Crippen MR) is 36.1 cm³/mol. The van der Waals surface area contributed by atoms with E-state index in [1.165, 1.54) is 0 Å². The van der Waals surface area contributed by atoms with Crippen LogP contribution < -0.4 is 15.3 Å². The van der Waals surface area contributed by atoms with Crippen molar-refractivity contribution in [2.45, 2.75) is 0 Å². The first-order valence-corrected chi connectivity index (χ1v) is 4.17.